The summed E-state index contributed by atoms with van der Waals surface area (Å²) in [6.07, 6.45) is 8.10. The number of nitrogens with two attached hydrogens (primary N) is 1. The Morgan fingerprint density at radius 2 is 2.16 bits per heavy atom. The van der Waals surface area contributed by atoms with E-state index in [1.807, 2.05) is 11.6 Å². The minimum absolute atomic E-state index is 0.251. The second kappa shape index (κ2) is 7.73. The molecule has 0 radical (unpaired) electrons. The van der Waals surface area contributed by atoms with Gasteiger partial charge in [-0.25, -0.2) is 14.3 Å². The summed E-state index contributed by atoms with van der Waals surface area (Å²) in [6.45, 7) is 4.74. The Balaban J connectivity index is 1.62. The third kappa shape index (κ3) is 4.04. The quantitative estimate of drug-likeness (QED) is 0.812. The maximum absolute atomic E-state index is 12.5. The molecule has 0 aliphatic heterocycles. The fourth-order valence-corrected chi connectivity index (χ4v) is 3.25. The highest BCUT2D eigenvalue weighted by atomic mass is 16.2. The van der Waals surface area contributed by atoms with Crippen molar-refractivity contribution in [3.05, 3.63) is 24.0 Å². The normalized spacial score (nSPS) is 21.9. The van der Waals surface area contributed by atoms with Crippen molar-refractivity contribution in [3.8, 4) is 0 Å². The van der Waals surface area contributed by atoms with Crippen LogP contribution in [0.2, 0.25) is 0 Å². The van der Waals surface area contributed by atoms with Crippen molar-refractivity contribution in [2.75, 3.05) is 0 Å². The van der Waals surface area contributed by atoms with Gasteiger partial charge >= 0.3 is 0 Å². The van der Waals surface area contributed by atoms with E-state index in [1.165, 1.54) is 6.33 Å². The summed E-state index contributed by atoms with van der Waals surface area (Å²) >= 11 is 0. The highest BCUT2D eigenvalue weighted by molar-refractivity contribution is 5.92. The van der Waals surface area contributed by atoms with Gasteiger partial charge in [0.05, 0.1) is 18.3 Å². The largest absolute Gasteiger partial charge is 0.341 e. The number of nitrogens with zero attached hydrogens (tertiary/aromatic N) is 6. The molecule has 9 heteroatoms. The van der Waals surface area contributed by atoms with Gasteiger partial charge < -0.3 is 11.1 Å². The van der Waals surface area contributed by atoms with Crippen molar-refractivity contribution in [1.82, 2.24) is 35.1 Å². The van der Waals surface area contributed by atoms with E-state index in [0.717, 1.165) is 44.5 Å². The molecule has 1 saturated carbocycles. The van der Waals surface area contributed by atoms with Gasteiger partial charge in [0.15, 0.2) is 5.69 Å². The van der Waals surface area contributed by atoms with Gasteiger partial charge in [-0.05, 0) is 39.0 Å². The Kier molecular flexibility index (Phi) is 5.42. The molecule has 1 aliphatic carbocycles. The molecule has 0 aromatic carbocycles. The van der Waals surface area contributed by atoms with E-state index in [4.69, 9.17) is 5.73 Å². The van der Waals surface area contributed by atoms with E-state index >= 15 is 0 Å². The first-order valence-electron chi connectivity index (χ1n) is 8.94. The molecule has 1 atom stereocenters. The summed E-state index contributed by atoms with van der Waals surface area (Å²) in [5.41, 5.74) is 6.26. The average Bonchev–Trinajstić information content (AvgIpc) is 3.25. The lowest BCUT2D eigenvalue weighted by molar-refractivity contribution is 0.0932. The van der Waals surface area contributed by atoms with Crippen molar-refractivity contribution in [3.63, 3.8) is 0 Å². The van der Waals surface area contributed by atoms with Crippen molar-refractivity contribution in [2.24, 2.45) is 5.73 Å². The van der Waals surface area contributed by atoms with Gasteiger partial charge in [-0.2, -0.15) is 5.10 Å². The molecule has 25 heavy (non-hydrogen) atoms. The van der Waals surface area contributed by atoms with Crippen LogP contribution in [0.5, 0.6) is 0 Å². The second-order valence-corrected chi connectivity index (χ2v) is 6.69. The van der Waals surface area contributed by atoms with Crippen LogP contribution in [0, 0.1) is 0 Å². The van der Waals surface area contributed by atoms with Crippen LogP contribution in [0.3, 0.4) is 0 Å². The van der Waals surface area contributed by atoms with Gasteiger partial charge in [-0.3, -0.25) is 4.79 Å². The molecule has 3 rings (SSSR count). The summed E-state index contributed by atoms with van der Waals surface area (Å²) in [5, 5.41) is 15.3. The zero-order chi connectivity index (χ0) is 17.8. The van der Waals surface area contributed by atoms with Crippen LogP contribution < -0.4 is 11.1 Å². The Bertz CT molecular complexity index is 701. The predicted molar refractivity (Wildman–Crippen MR) is 91.7 cm³/mol. The zero-order valence-corrected chi connectivity index (χ0v) is 14.8. The number of amides is 1. The zero-order valence-electron chi connectivity index (χ0n) is 14.8. The number of hydrogen-bond donors (Lipinski definition) is 2. The Hall–Kier alpha value is -2.29. The Labute approximate surface area is 147 Å². The molecule has 2 heterocycles. The molecular formula is C16H26N8O. The molecule has 2 aromatic heterocycles. The first kappa shape index (κ1) is 17.5. The second-order valence-electron chi connectivity index (χ2n) is 6.69. The summed E-state index contributed by atoms with van der Waals surface area (Å²) in [7, 11) is 0. The van der Waals surface area contributed by atoms with Crippen LogP contribution in [0.15, 0.2) is 12.5 Å². The number of hydrogen-bond acceptors (Lipinski definition) is 6. The van der Waals surface area contributed by atoms with Gasteiger partial charge in [-0.1, -0.05) is 12.1 Å². The molecule has 3 N–H and O–H groups in total. The summed E-state index contributed by atoms with van der Waals surface area (Å²) in [6, 6.07) is 0.308. The number of carbonyl (C=O) groups excluding carboxylic acids is 1. The van der Waals surface area contributed by atoms with Gasteiger partial charge in [0, 0.05) is 12.6 Å². The fourth-order valence-electron chi connectivity index (χ4n) is 3.25. The van der Waals surface area contributed by atoms with E-state index in [-0.39, 0.29) is 24.0 Å². The van der Waals surface area contributed by atoms with E-state index < -0.39 is 0 Å². The average molecular weight is 346 g/mol. The topological polar surface area (TPSA) is 117 Å². The molecule has 2 aromatic rings. The van der Waals surface area contributed by atoms with E-state index in [0.29, 0.717) is 5.69 Å². The molecule has 1 amide bonds. The third-order valence-corrected chi connectivity index (χ3v) is 4.67. The summed E-state index contributed by atoms with van der Waals surface area (Å²) < 4.78 is 3.61. The minimum atomic E-state index is -0.252. The van der Waals surface area contributed by atoms with Crippen LogP contribution in [-0.2, 0) is 6.54 Å². The van der Waals surface area contributed by atoms with Crippen molar-refractivity contribution in [1.29, 1.82) is 0 Å². The molecule has 0 bridgehead atoms. The predicted octanol–water partition coefficient (Wildman–Crippen LogP) is 1.21. The number of nitrogens with one attached hydrogen (secondary N) is 1. The van der Waals surface area contributed by atoms with Gasteiger partial charge in [0.2, 0.25) is 0 Å². The van der Waals surface area contributed by atoms with E-state index in [2.05, 4.69) is 32.6 Å². The number of carbonyl (C=O) groups is 1. The SMILES string of the molecule is CCCn1ncnc1[C@H](C)NC(=O)c1cn(C2CCC(N)CC2)nn1. The highest BCUT2D eigenvalue weighted by Crippen LogP contribution is 2.26. The lowest BCUT2D eigenvalue weighted by atomic mass is 9.92. The fraction of sp³-hybridized carbons (Fsp3) is 0.688. The monoisotopic (exact) mass is 346 g/mol. The van der Waals surface area contributed by atoms with Crippen LogP contribution in [0.1, 0.15) is 74.3 Å². The molecule has 1 aliphatic rings. The summed E-state index contributed by atoms with van der Waals surface area (Å²) in [4.78, 5) is 16.7. The van der Waals surface area contributed by atoms with Crippen molar-refractivity contribution in [2.45, 2.75) is 70.6 Å². The maximum atomic E-state index is 12.5. The van der Waals surface area contributed by atoms with Crippen molar-refractivity contribution >= 4 is 5.91 Å². The van der Waals surface area contributed by atoms with E-state index in [1.54, 1.807) is 10.9 Å². The lowest BCUT2D eigenvalue weighted by Crippen LogP contribution is -2.29. The molecule has 0 unspecified atom stereocenters. The third-order valence-electron chi connectivity index (χ3n) is 4.67. The molecule has 1 fully saturated rings. The van der Waals surface area contributed by atoms with Gasteiger partial charge in [0.25, 0.3) is 5.91 Å². The smallest absolute Gasteiger partial charge is 0.274 e. The Morgan fingerprint density at radius 1 is 1.40 bits per heavy atom. The summed E-state index contributed by atoms with van der Waals surface area (Å²) in [5.74, 6) is 0.487. The van der Waals surface area contributed by atoms with Crippen LogP contribution in [0.4, 0.5) is 0 Å². The number of rotatable bonds is 6. The lowest BCUT2D eigenvalue weighted by Gasteiger charge is -2.25. The van der Waals surface area contributed by atoms with Crippen LogP contribution in [-0.4, -0.2) is 41.7 Å². The minimum Gasteiger partial charge on any atom is -0.341 e. The molecule has 9 nitrogen and oxygen atoms in total. The number of aryl methyl sites for hydroxylation is 1. The molecule has 136 valence electrons. The highest BCUT2D eigenvalue weighted by Gasteiger charge is 2.23. The van der Waals surface area contributed by atoms with Gasteiger partial charge in [0.1, 0.15) is 12.2 Å². The van der Waals surface area contributed by atoms with E-state index in [9.17, 15) is 4.79 Å². The number of aromatic nitrogens is 6. The first-order valence-corrected chi connectivity index (χ1v) is 8.94. The molecular weight excluding hydrogens is 320 g/mol. The molecule has 0 saturated heterocycles. The maximum Gasteiger partial charge on any atom is 0.274 e. The Morgan fingerprint density at radius 3 is 2.88 bits per heavy atom. The van der Waals surface area contributed by atoms with Crippen molar-refractivity contribution < 1.29 is 4.79 Å². The van der Waals surface area contributed by atoms with Gasteiger partial charge in [-0.15, -0.1) is 5.10 Å². The standard InChI is InChI=1S/C16H26N8O/c1-3-8-23-15(18-10-19-23)11(2)20-16(25)14-9-24(22-21-14)13-6-4-12(17)5-7-13/h9-13H,3-8,17H2,1-2H3,(H,20,25)/t11-,12?,13?/m0/s1. The van der Waals surface area contributed by atoms with Crippen LogP contribution in [0.25, 0.3) is 0 Å². The first-order chi connectivity index (χ1) is 12.1. The van der Waals surface area contributed by atoms with Crippen LogP contribution >= 0.6 is 0 Å². The molecule has 0 spiro atoms.